The van der Waals surface area contributed by atoms with E-state index in [1.165, 1.54) is 0 Å². The normalized spacial score (nSPS) is 16.1. The van der Waals surface area contributed by atoms with E-state index in [1.807, 2.05) is 35.0 Å². The molecule has 1 aromatic heterocycles. The molecule has 0 unspecified atom stereocenters. The molecule has 0 amide bonds. The molecule has 1 fully saturated rings. The molecule has 1 atom stereocenters. The van der Waals surface area contributed by atoms with Crippen molar-refractivity contribution in [2.24, 2.45) is 0 Å². The fraction of sp³-hybridized carbons (Fsp3) is 0.458. The molecule has 170 valence electrons. The van der Waals surface area contributed by atoms with E-state index in [4.69, 9.17) is 9.47 Å². The Hall–Kier alpha value is -3.13. The van der Waals surface area contributed by atoms with Gasteiger partial charge in [-0.3, -0.25) is 4.90 Å². The predicted octanol–water partition coefficient (Wildman–Crippen LogP) is 3.36. The maximum Gasteiger partial charge on any atom is 0.173 e. The molecule has 0 radical (unpaired) electrons. The number of methoxy groups -OCH3 is 2. The zero-order valence-corrected chi connectivity index (χ0v) is 19.5. The van der Waals surface area contributed by atoms with Crippen molar-refractivity contribution >= 4 is 5.69 Å². The van der Waals surface area contributed by atoms with Crippen LogP contribution in [0.25, 0.3) is 0 Å². The molecule has 4 rings (SSSR count). The smallest absolute Gasteiger partial charge is 0.173 e. The van der Waals surface area contributed by atoms with Crippen LogP contribution < -0.4 is 14.4 Å². The minimum Gasteiger partial charge on any atom is -0.496 e. The SMILES string of the molecule is COc1ccccc1[C@@H](c1nnnn1C(C)(C)C)N1CCN(c2ccccc2OC)CC1. The van der Waals surface area contributed by atoms with E-state index in [9.17, 15) is 0 Å². The van der Waals surface area contributed by atoms with Crippen LogP contribution in [-0.2, 0) is 5.54 Å². The fourth-order valence-corrected chi connectivity index (χ4v) is 4.35. The molecule has 2 heterocycles. The Morgan fingerprint density at radius 1 is 0.844 bits per heavy atom. The number of hydrogen-bond donors (Lipinski definition) is 0. The summed E-state index contributed by atoms with van der Waals surface area (Å²) >= 11 is 0. The lowest BCUT2D eigenvalue weighted by atomic mass is 10.0. The summed E-state index contributed by atoms with van der Waals surface area (Å²) in [5.74, 6) is 2.57. The van der Waals surface area contributed by atoms with Crippen LogP contribution in [0.5, 0.6) is 11.5 Å². The van der Waals surface area contributed by atoms with Gasteiger partial charge >= 0.3 is 0 Å². The molecule has 32 heavy (non-hydrogen) atoms. The van der Waals surface area contributed by atoms with Gasteiger partial charge in [-0.25, -0.2) is 4.68 Å². The maximum absolute atomic E-state index is 5.73. The Kier molecular flexibility index (Phi) is 6.32. The Bertz CT molecular complexity index is 1040. The molecule has 0 N–H and O–H groups in total. The second kappa shape index (κ2) is 9.16. The monoisotopic (exact) mass is 436 g/mol. The number of ether oxygens (including phenoxy) is 2. The molecule has 8 heteroatoms. The van der Waals surface area contributed by atoms with Crippen molar-refractivity contribution in [2.45, 2.75) is 32.4 Å². The highest BCUT2D eigenvalue weighted by Crippen LogP contribution is 2.36. The molecule has 0 bridgehead atoms. The Balaban J connectivity index is 1.67. The molecule has 2 aromatic carbocycles. The van der Waals surface area contributed by atoms with Gasteiger partial charge < -0.3 is 14.4 Å². The van der Waals surface area contributed by atoms with Crippen LogP contribution in [0.2, 0.25) is 0 Å². The van der Waals surface area contributed by atoms with E-state index < -0.39 is 0 Å². The highest BCUT2D eigenvalue weighted by molar-refractivity contribution is 5.58. The Morgan fingerprint density at radius 3 is 2.12 bits per heavy atom. The zero-order chi connectivity index (χ0) is 22.7. The number of rotatable bonds is 6. The van der Waals surface area contributed by atoms with E-state index in [0.717, 1.165) is 54.8 Å². The summed E-state index contributed by atoms with van der Waals surface area (Å²) in [5, 5.41) is 12.9. The van der Waals surface area contributed by atoms with Gasteiger partial charge in [0, 0.05) is 31.7 Å². The van der Waals surface area contributed by atoms with E-state index in [-0.39, 0.29) is 11.6 Å². The van der Waals surface area contributed by atoms with Gasteiger partial charge in [-0.15, -0.1) is 5.10 Å². The molecule has 1 aliphatic rings. The number of nitrogens with zero attached hydrogens (tertiary/aromatic N) is 6. The summed E-state index contributed by atoms with van der Waals surface area (Å²) in [6.07, 6.45) is 0. The molecule has 1 aliphatic heterocycles. The number of benzene rings is 2. The zero-order valence-electron chi connectivity index (χ0n) is 19.5. The summed E-state index contributed by atoms with van der Waals surface area (Å²) in [5.41, 5.74) is 1.96. The maximum atomic E-state index is 5.73. The standard InChI is InChI=1S/C24H32N6O2/c1-24(2,3)30-23(25-26-27-30)22(18-10-6-8-12-20(18)31-4)29-16-14-28(15-17-29)19-11-7-9-13-21(19)32-5/h6-13,22H,14-17H2,1-5H3/t22-/m0/s1. The van der Waals surface area contributed by atoms with Crippen LogP contribution in [-0.4, -0.2) is 65.5 Å². The number of aromatic nitrogens is 4. The first-order chi connectivity index (χ1) is 15.4. The van der Waals surface area contributed by atoms with Gasteiger partial charge in [0.15, 0.2) is 5.82 Å². The molecule has 0 spiro atoms. The summed E-state index contributed by atoms with van der Waals surface area (Å²) in [4.78, 5) is 4.82. The van der Waals surface area contributed by atoms with Gasteiger partial charge in [0.05, 0.1) is 25.4 Å². The quantitative estimate of drug-likeness (QED) is 0.587. The van der Waals surface area contributed by atoms with Crippen LogP contribution in [0.1, 0.15) is 38.2 Å². The molecular weight excluding hydrogens is 404 g/mol. The highest BCUT2D eigenvalue weighted by Gasteiger charge is 2.35. The minimum absolute atomic E-state index is 0.111. The number of piperazine rings is 1. The van der Waals surface area contributed by atoms with E-state index in [2.05, 4.69) is 64.3 Å². The van der Waals surface area contributed by atoms with Crippen LogP contribution >= 0.6 is 0 Å². The van der Waals surface area contributed by atoms with Crippen molar-refractivity contribution < 1.29 is 9.47 Å². The van der Waals surface area contributed by atoms with Crippen molar-refractivity contribution in [1.82, 2.24) is 25.1 Å². The number of anilines is 1. The van der Waals surface area contributed by atoms with E-state index in [0.29, 0.717) is 0 Å². The minimum atomic E-state index is -0.238. The molecule has 1 saturated heterocycles. The highest BCUT2D eigenvalue weighted by atomic mass is 16.5. The van der Waals surface area contributed by atoms with Gasteiger partial charge in [0.25, 0.3) is 0 Å². The third kappa shape index (κ3) is 4.27. The van der Waals surface area contributed by atoms with Crippen LogP contribution in [0.4, 0.5) is 5.69 Å². The molecule has 0 aliphatic carbocycles. The molecule has 8 nitrogen and oxygen atoms in total. The largest absolute Gasteiger partial charge is 0.496 e. The molecular formula is C24H32N6O2. The second-order valence-electron chi connectivity index (χ2n) is 8.96. The molecule has 3 aromatic rings. The first-order valence-corrected chi connectivity index (χ1v) is 11.0. The van der Waals surface area contributed by atoms with Crippen molar-refractivity contribution in [2.75, 3.05) is 45.3 Å². The molecule has 0 saturated carbocycles. The van der Waals surface area contributed by atoms with Gasteiger partial charge in [-0.2, -0.15) is 0 Å². The first-order valence-electron chi connectivity index (χ1n) is 11.0. The van der Waals surface area contributed by atoms with Crippen molar-refractivity contribution in [3.63, 3.8) is 0 Å². The second-order valence-corrected chi connectivity index (χ2v) is 8.96. The summed E-state index contributed by atoms with van der Waals surface area (Å²) in [7, 11) is 3.43. The summed E-state index contributed by atoms with van der Waals surface area (Å²) in [6.45, 7) is 9.82. The topological polar surface area (TPSA) is 68.5 Å². The average Bonchev–Trinajstić information content (AvgIpc) is 3.30. The summed E-state index contributed by atoms with van der Waals surface area (Å²) < 4.78 is 13.2. The summed E-state index contributed by atoms with van der Waals surface area (Å²) in [6, 6.07) is 16.2. The lowest BCUT2D eigenvalue weighted by Crippen LogP contribution is -2.49. The number of hydrogen-bond acceptors (Lipinski definition) is 7. The van der Waals surface area contributed by atoms with E-state index >= 15 is 0 Å². The van der Waals surface area contributed by atoms with Crippen LogP contribution in [0, 0.1) is 0 Å². The average molecular weight is 437 g/mol. The van der Waals surface area contributed by atoms with Crippen LogP contribution in [0.3, 0.4) is 0 Å². The number of para-hydroxylation sites is 3. The third-order valence-electron chi connectivity index (χ3n) is 5.91. The van der Waals surface area contributed by atoms with Crippen LogP contribution in [0.15, 0.2) is 48.5 Å². The van der Waals surface area contributed by atoms with Gasteiger partial charge in [0.1, 0.15) is 17.5 Å². The van der Waals surface area contributed by atoms with Gasteiger partial charge in [-0.05, 0) is 49.4 Å². The van der Waals surface area contributed by atoms with E-state index in [1.54, 1.807) is 14.2 Å². The third-order valence-corrected chi connectivity index (χ3v) is 5.91. The predicted molar refractivity (Wildman–Crippen MR) is 124 cm³/mol. The Labute approximate surface area is 189 Å². The number of tetrazole rings is 1. The Morgan fingerprint density at radius 2 is 1.47 bits per heavy atom. The van der Waals surface area contributed by atoms with Gasteiger partial charge in [-0.1, -0.05) is 30.3 Å². The van der Waals surface area contributed by atoms with Crippen molar-refractivity contribution in [3.05, 3.63) is 59.9 Å². The lowest BCUT2D eigenvalue weighted by Gasteiger charge is -2.40. The van der Waals surface area contributed by atoms with Crippen molar-refractivity contribution in [1.29, 1.82) is 0 Å². The first kappa shape index (κ1) is 22.1. The van der Waals surface area contributed by atoms with Crippen molar-refractivity contribution in [3.8, 4) is 11.5 Å². The van der Waals surface area contributed by atoms with Gasteiger partial charge in [0.2, 0.25) is 0 Å². The fourth-order valence-electron chi connectivity index (χ4n) is 4.35. The lowest BCUT2D eigenvalue weighted by molar-refractivity contribution is 0.188.